The Morgan fingerprint density at radius 2 is 0.754 bits per heavy atom. The van der Waals surface area contributed by atoms with Gasteiger partial charge in [-0.25, -0.2) is 4.57 Å². The van der Waals surface area contributed by atoms with E-state index in [1.807, 2.05) is 0 Å². The Kier molecular flexibility index (Phi) is 51.0. The summed E-state index contributed by atoms with van der Waals surface area (Å²) in [6.07, 6.45) is 73.9. The van der Waals surface area contributed by atoms with Crippen molar-refractivity contribution >= 4 is 19.8 Å². The Morgan fingerprint density at radius 1 is 0.435 bits per heavy atom. The van der Waals surface area contributed by atoms with E-state index in [1.165, 1.54) is 64.2 Å². The molecule has 0 radical (unpaired) electrons. The van der Waals surface area contributed by atoms with E-state index >= 15 is 0 Å². The number of carbonyl (C=O) groups excluding carboxylic acids is 2. The second-order valence-electron chi connectivity index (χ2n) is 17.3. The third-order valence-corrected chi connectivity index (χ3v) is 11.8. The minimum atomic E-state index is -4.40. The molecule has 0 saturated heterocycles. The lowest BCUT2D eigenvalue weighted by atomic mass is 10.0. The van der Waals surface area contributed by atoms with Gasteiger partial charge in [0, 0.05) is 19.4 Å². The lowest BCUT2D eigenvalue weighted by molar-refractivity contribution is -0.161. The lowest BCUT2D eigenvalue weighted by Crippen LogP contribution is -2.29. The van der Waals surface area contributed by atoms with Crippen LogP contribution in [0.2, 0.25) is 0 Å². The first-order valence-corrected chi connectivity index (χ1v) is 28.5. The topological polar surface area (TPSA) is 134 Å². The second kappa shape index (κ2) is 53.8. The Bertz CT molecular complexity index is 1540. The highest BCUT2D eigenvalue weighted by atomic mass is 31.2. The zero-order valence-electron chi connectivity index (χ0n) is 43.5. The molecule has 0 aromatic carbocycles. The van der Waals surface area contributed by atoms with Gasteiger partial charge in [-0.3, -0.25) is 18.6 Å². The molecule has 0 bridgehead atoms. The molecule has 10 heteroatoms. The highest BCUT2D eigenvalue weighted by Crippen LogP contribution is 2.43. The van der Waals surface area contributed by atoms with Gasteiger partial charge in [-0.05, 0) is 103 Å². The van der Waals surface area contributed by atoms with E-state index in [1.54, 1.807) is 0 Å². The quantitative estimate of drug-likeness (QED) is 0.0264. The third-order valence-electron chi connectivity index (χ3n) is 10.8. The molecule has 0 fully saturated rings. The summed E-state index contributed by atoms with van der Waals surface area (Å²) in [6.45, 7) is 3.46. The van der Waals surface area contributed by atoms with E-state index in [0.29, 0.717) is 12.8 Å². The van der Waals surface area contributed by atoms with E-state index in [9.17, 15) is 19.0 Å². The van der Waals surface area contributed by atoms with Crippen LogP contribution in [0, 0.1) is 0 Å². The first kappa shape index (κ1) is 65.4. The number of ether oxygens (including phenoxy) is 2. The number of phosphoric ester groups is 1. The molecule has 3 N–H and O–H groups in total. The molecule has 0 aliphatic carbocycles. The van der Waals surface area contributed by atoms with Gasteiger partial charge in [0.25, 0.3) is 0 Å². The predicted molar refractivity (Wildman–Crippen MR) is 293 cm³/mol. The summed E-state index contributed by atoms with van der Waals surface area (Å²) in [7, 11) is -4.40. The van der Waals surface area contributed by atoms with Crippen LogP contribution in [-0.2, 0) is 32.7 Å². The molecule has 2 atom stereocenters. The summed E-state index contributed by atoms with van der Waals surface area (Å²) >= 11 is 0. The first-order valence-electron chi connectivity index (χ1n) is 27.0. The molecule has 0 aliphatic heterocycles. The lowest BCUT2D eigenvalue weighted by Gasteiger charge is -2.19. The van der Waals surface area contributed by atoms with E-state index < -0.39 is 32.5 Å². The van der Waals surface area contributed by atoms with E-state index in [-0.39, 0.29) is 32.6 Å². The van der Waals surface area contributed by atoms with Crippen LogP contribution in [0.1, 0.15) is 206 Å². The van der Waals surface area contributed by atoms with Crippen molar-refractivity contribution in [2.75, 3.05) is 26.4 Å². The molecule has 0 spiro atoms. The van der Waals surface area contributed by atoms with Crippen LogP contribution in [0.5, 0.6) is 0 Å². The Labute approximate surface area is 421 Å². The summed E-state index contributed by atoms with van der Waals surface area (Å²) in [5.74, 6) is -0.874. The number of rotatable bonds is 49. The normalized spacial score (nSPS) is 14.1. The number of allylic oxidation sites excluding steroid dienone is 20. The van der Waals surface area contributed by atoms with Crippen molar-refractivity contribution in [1.82, 2.24) is 0 Å². The summed E-state index contributed by atoms with van der Waals surface area (Å²) in [4.78, 5) is 35.1. The Morgan fingerprint density at radius 3 is 1.13 bits per heavy atom. The smallest absolute Gasteiger partial charge is 0.462 e. The van der Waals surface area contributed by atoms with Crippen LogP contribution in [0.15, 0.2) is 122 Å². The molecule has 392 valence electrons. The molecule has 0 aliphatic rings. The SMILES string of the molecule is CC/C=C\C/C=C\C/C=C\C/C=C\C/C=C\CCCCCCCCCCCCCCCC(=O)OC(COC(=O)CCCCC/C=C\C/C=C\C/C=C\C/C=C\C/C=C\CC)COP(=O)(O)OCCN. The van der Waals surface area contributed by atoms with Gasteiger partial charge in [-0.1, -0.05) is 212 Å². The number of unbranched alkanes of at least 4 members (excludes halogenated alkanes) is 16. The molecule has 0 amide bonds. The maximum Gasteiger partial charge on any atom is 0.472 e. The minimum absolute atomic E-state index is 0.0422. The number of nitrogens with two attached hydrogens (primary N) is 1. The number of hydrogen-bond donors (Lipinski definition) is 2. The van der Waals surface area contributed by atoms with Crippen molar-refractivity contribution in [2.45, 2.75) is 213 Å². The zero-order chi connectivity index (χ0) is 50.2. The van der Waals surface area contributed by atoms with Crippen molar-refractivity contribution in [3.05, 3.63) is 122 Å². The summed E-state index contributed by atoms with van der Waals surface area (Å²) in [5, 5.41) is 0. The van der Waals surface area contributed by atoms with Crippen LogP contribution >= 0.6 is 7.82 Å². The maximum atomic E-state index is 12.7. The van der Waals surface area contributed by atoms with Crippen LogP contribution in [0.4, 0.5) is 0 Å². The molecular weight excluding hydrogens is 882 g/mol. The molecule has 2 unspecified atom stereocenters. The highest BCUT2D eigenvalue weighted by Gasteiger charge is 2.26. The van der Waals surface area contributed by atoms with E-state index in [2.05, 4.69) is 135 Å². The van der Waals surface area contributed by atoms with Gasteiger partial charge in [0.1, 0.15) is 6.61 Å². The number of carbonyl (C=O) groups is 2. The van der Waals surface area contributed by atoms with Crippen molar-refractivity contribution in [3.8, 4) is 0 Å². The molecule has 0 aromatic heterocycles. The molecule has 0 aromatic rings. The van der Waals surface area contributed by atoms with Crippen LogP contribution in [-0.4, -0.2) is 49.3 Å². The molecule has 9 nitrogen and oxygen atoms in total. The average Bonchev–Trinajstić information content (AvgIpc) is 3.34. The van der Waals surface area contributed by atoms with E-state index in [0.717, 1.165) is 103 Å². The van der Waals surface area contributed by atoms with Crippen molar-refractivity contribution in [1.29, 1.82) is 0 Å². The third kappa shape index (κ3) is 53.6. The highest BCUT2D eigenvalue weighted by molar-refractivity contribution is 7.47. The average molecular weight is 980 g/mol. The van der Waals surface area contributed by atoms with E-state index in [4.69, 9.17) is 24.3 Å². The Hall–Kier alpha value is -3.59. The van der Waals surface area contributed by atoms with Gasteiger partial charge in [-0.15, -0.1) is 0 Å². The first-order chi connectivity index (χ1) is 33.8. The fourth-order valence-electron chi connectivity index (χ4n) is 6.92. The second-order valence-corrected chi connectivity index (χ2v) is 18.8. The predicted octanol–water partition coefficient (Wildman–Crippen LogP) is 16.8. The zero-order valence-corrected chi connectivity index (χ0v) is 44.4. The molecule has 0 rings (SSSR count). The van der Waals surface area contributed by atoms with Crippen molar-refractivity contribution in [3.63, 3.8) is 0 Å². The number of esters is 2. The number of phosphoric acid groups is 1. The van der Waals surface area contributed by atoms with Gasteiger partial charge >= 0.3 is 19.8 Å². The largest absolute Gasteiger partial charge is 0.472 e. The summed E-state index contributed by atoms with van der Waals surface area (Å²) in [6, 6.07) is 0. The van der Waals surface area contributed by atoms with Gasteiger partial charge in [-0.2, -0.15) is 0 Å². The van der Waals surface area contributed by atoms with Crippen LogP contribution in [0.25, 0.3) is 0 Å². The maximum absolute atomic E-state index is 12.7. The molecule has 0 heterocycles. The van der Waals surface area contributed by atoms with Gasteiger partial charge in [0.15, 0.2) is 6.10 Å². The van der Waals surface area contributed by atoms with Crippen molar-refractivity contribution < 1.29 is 37.6 Å². The fraction of sp³-hybridized carbons (Fsp3) is 0.627. The monoisotopic (exact) mass is 980 g/mol. The number of hydrogen-bond acceptors (Lipinski definition) is 8. The molecular formula is C59H98NO8P. The summed E-state index contributed by atoms with van der Waals surface area (Å²) < 4.78 is 32.9. The minimum Gasteiger partial charge on any atom is -0.462 e. The standard InChI is InChI=1S/C59H98NO8P/c1-3-5-7-9-11-13-15-17-19-21-23-24-25-26-27-28-29-30-31-32-34-36-38-40-42-44-46-48-50-52-59(62)68-57(56-67-69(63,64)66-54-53-60)55-65-58(61)51-49-47-45-43-41-39-37-35-33-22-20-18-16-14-12-10-8-6-4-2/h5-8,11-14,17-20,23-24,26-27,33,35,39,41,57H,3-4,9-10,15-16,21-22,25,28-32,34,36-38,40,42-56,60H2,1-2H3,(H,63,64)/b7-5-,8-6-,13-11-,14-12-,19-17-,20-18-,24-23-,27-26-,35-33-,41-39-. The van der Waals surface area contributed by atoms with Gasteiger partial charge in [0.05, 0.1) is 13.2 Å². The fourth-order valence-corrected chi connectivity index (χ4v) is 7.69. The Balaban J connectivity index is 4.06. The summed E-state index contributed by atoms with van der Waals surface area (Å²) in [5.41, 5.74) is 5.37. The molecule has 69 heavy (non-hydrogen) atoms. The van der Waals surface area contributed by atoms with Crippen molar-refractivity contribution in [2.24, 2.45) is 5.73 Å². The molecule has 0 saturated carbocycles. The van der Waals surface area contributed by atoms with Gasteiger partial charge < -0.3 is 20.1 Å². The van der Waals surface area contributed by atoms with Crippen LogP contribution < -0.4 is 5.73 Å². The van der Waals surface area contributed by atoms with Gasteiger partial charge in [0.2, 0.25) is 0 Å². The van der Waals surface area contributed by atoms with Crippen LogP contribution in [0.3, 0.4) is 0 Å².